The predicted octanol–water partition coefficient (Wildman–Crippen LogP) is 0.421. The number of hydrogen-bond acceptors (Lipinski definition) is 4. The van der Waals surface area contributed by atoms with E-state index >= 15 is 0 Å². The summed E-state index contributed by atoms with van der Waals surface area (Å²) < 4.78 is 0. The molecule has 0 fully saturated rings. The molecule has 0 radical (unpaired) electrons. The average molecular weight is 302 g/mol. The molecule has 8 nitrogen and oxygen atoms in total. The summed E-state index contributed by atoms with van der Waals surface area (Å²) in [6.07, 6.45) is 3.65. The lowest BCUT2D eigenvalue weighted by molar-refractivity contribution is -0.137. The second-order valence-corrected chi connectivity index (χ2v) is 3.60. The van der Waals surface area contributed by atoms with E-state index in [9.17, 15) is 19.2 Å². The highest BCUT2D eigenvalue weighted by Crippen LogP contribution is 1.94. The van der Waals surface area contributed by atoms with E-state index in [1.807, 2.05) is 6.92 Å². The zero-order valence-corrected chi connectivity index (χ0v) is 12.2. The lowest BCUT2D eigenvalue weighted by Gasteiger charge is -1.92. The minimum absolute atomic E-state index is 0.178. The second-order valence-electron chi connectivity index (χ2n) is 3.60. The van der Waals surface area contributed by atoms with Crippen molar-refractivity contribution in [1.82, 2.24) is 0 Å². The Bertz CT molecular complexity index is 401. The molecule has 0 aromatic rings. The third kappa shape index (κ3) is 31.7. The highest BCUT2D eigenvalue weighted by molar-refractivity contribution is 5.92. The lowest BCUT2D eigenvalue weighted by atomic mass is 10.2. The first-order chi connectivity index (χ1) is 9.58. The third-order valence-corrected chi connectivity index (χ3v) is 1.48. The fourth-order valence-electron chi connectivity index (χ4n) is 0.664. The summed E-state index contributed by atoms with van der Waals surface area (Å²) in [5.74, 6) is -2.97. The lowest BCUT2D eigenvalue weighted by Crippen LogP contribution is -2.14. The molecule has 0 saturated carbocycles. The van der Waals surface area contributed by atoms with E-state index in [2.05, 4.69) is 18.0 Å². The highest BCUT2D eigenvalue weighted by Gasteiger charge is 2.05. The molecule has 0 bridgehead atoms. The van der Waals surface area contributed by atoms with Crippen molar-refractivity contribution in [2.75, 3.05) is 0 Å². The van der Waals surface area contributed by atoms with Crippen LogP contribution in [0.5, 0.6) is 0 Å². The monoisotopic (exact) mass is 302 g/mol. The van der Waals surface area contributed by atoms with Gasteiger partial charge in [-0.05, 0) is 19.4 Å². The quantitative estimate of drug-likeness (QED) is 0.520. The van der Waals surface area contributed by atoms with Crippen LogP contribution in [0.3, 0.4) is 0 Å². The Balaban J connectivity index is -0.000000240. The molecule has 0 aromatic carbocycles. The van der Waals surface area contributed by atoms with Crippen LogP contribution in [0.2, 0.25) is 0 Å². The van der Waals surface area contributed by atoms with E-state index in [0.29, 0.717) is 6.42 Å². The van der Waals surface area contributed by atoms with Crippen molar-refractivity contribution in [1.29, 1.82) is 0 Å². The Morgan fingerprint density at radius 3 is 1.67 bits per heavy atom. The van der Waals surface area contributed by atoms with Crippen LogP contribution in [0.4, 0.5) is 0 Å². The number of allylic oxidation sites excluding steroid dienone is 1. The smallest absolute Gasteiger partial charge is 0.331 e. The van der Waals surface area contributed by atoms with Crippen molar-refractivity contribution < 1.29 is 29.4 Å². The summed E-state index contributed by atoms with van der Waals surface area (Å²) in [7, 11) is 0. The van der Waals surface area contributed by atoms with Gasteiger partial charge in [-0.3, -0.25) is 14.4 Å². The summed E-state index contributed by atoms with van der Waals surface area (Å²) in [5.41, 5.74) is 9.17. The van der Waals surface area contributed by atoms with Crippen molar-refractivity contribution in [2.45, 2.75) is 33.1 Å². The Morgan fingerprint density at radius 1 is 1.14 bits per heavy atom. The largest absolute Gasteiger partial charge is 0.481 e. The number of nitrogens with two attached hydrogens (primary N) is 2. The maximum Gasteiger partial charge on any atom is 0.331 e. The molecule has 120 valence electrons. The number of primary amides is 2. The van der Waals surface area contributed by atoms with Gasteiger partial charge in [0.05, 0.1) is 6.42 Å². The first-order valence-electron chi connectivity index (χ1n) is 5.91. The van der Waals surface area contributed by atoms with E-state index < -0.39 is 23.8 Å². The van der Waals surface area contributed by atoms with Gasteiger partial charge in [0.1, 0.15) is 0 Å². The number of carboxylic acid groups (broad SMARTS) is 2. The first-order valence-corrected chi connectivity index (χ1v) is 5.91. The summed E-state index contributed by atoms with van der Waals surface area (Å²) in [5, 5.41) is 16.0. The molecule has 21 heavy (non-hydrogen) atoms. The zero-order chi connectivity index (χ0) is 17.4. The first kappa shape index (κ1) is 23.5. The van der Waals surface area contributed by atoms with Gasteiger partial charge in [0, 0.05) is 12.0 Å². The molecule has 0 aliphatic carbocycles. The van der Waals surface area contributed by atoms with E-state index in [4.69, 9.17) is 10.2 Å². The molecule has 0 atom stereocenters. The normalized spacial score (nSPS) is 8.67. The minimum Gasteiger partial charge on any atom is -0.481 e. The van der Waals surface area contributed by atoms with Crippen LogP contribution in [0.25, 0.3) is 0 Å². The van der Waals surface area contributed by atoms with Crippen LogP contribution in [0.1, 0.15) is 33.1 Å². The van der Waals surface area contributed by atoms with Crippen molar-refractivity contribution >= 4 is 23.8 Å². The predicted molar refractivity (Wildman–Crippen MR) is 77.1 cm³/mol. The van der Waals surface area contributed by atoms with Crippen LogP contribution >= 0.6 is 0 Å². The number of aliphatic carboxylic acids is 2. The zero-order valence-electron chi connectivity index (χ0n) is 12.2. The third-order valence-electron chi connectivity index (χ3n) is 1.48. The van der Waals surface area contributed by atoms with Gasteiger partial charge in [0.25, 0.3) is 0 Å². The highest BCUT2D eigenvalue weighted by atomic mass is 16.4. The molecule has 2 amide bonds. The van der Waals surface area contributed by atoms with Crippen LogP contribution in [-0.4, -0.2) is 34.0 Å². The molecular weight excluding hydrogens is 280 g/mol. The van der Waals surface area contributed by atoms with Crippen molar-refractivity contribution in [2.24, 2.45) is 11.5 Å². The molecular formula is C13H22N2O6. The Kier molecular flexibility index (Phi) is 17.2. The number of carbonyl (C=O) groups excluding carboxylic acids is 2. The number of amides is 2. The van der Waals surface area contributed by atoms with E-state index in [0.717, 1.165) is 6.42 Å². The van der Waals surface area contributed by atoms with Crippen molar-refractivity contribution in [3.8, 4) is 0 Å². The maximum atomic E-state index is 10.0. The molecule has 0 rings (SSSR count). The molecule has 0 heterocycles. The molecule has 0 aromatic heterocycles. The van der Waals surface area contributed by atoms with Crippen LogP contribution in [-0.2, 0) is 19.2 Å². The summed E-state index contributed by atoms with van der Waals surface area (Å²) in [6, 6.07) is 0. The average Bonchev–Trinajstić information content (AvgIpc) is 2.28. The molecule has 6 N–H and O–H groups in total. The molecule has 0 spiro atoms. The van der Waals surface area contributed by atoms with Gasteiger partial charge in [-0.25, -0.2) is 4.79 Å². The fourth-order valence-corrected chi connectivity index (χ4v) is 0.664. The molecule has 0 aliphatic heterocycles. The van der Waals surface area contributed by atoms with Crippen LogP contribution in [0.15, 0.2) is 24.3 Å². The van der Waals surface area contributed by atoms with Gasteiger partial charge < -0.3 is 21.7 Å². The van der Waals surface area contributed by atoms with Gasteiger partial charge in [-0.15, -0.1) is 0 Å². The van der Waals surface area contributed by atoms with Gasteiger partial charge in [0.2, 0.25) is 11.8 Å². The topological polar surface area (TPSA) is 161 Å². The SMILES string of the molecule is C=C(CC(N)=O)C(=O)O.CC=CC(N)=O.CCCC(=O)O. The maximum absolute atomic E-state index is 10.0. The van der Waals surface area contributed by atoms with Crippen LogP contribution in [0, 0.1) is 0 Å². The second kappa shape index (κ2) is 15.4. The molecule has 0 saturated heterocycles. The van der Waals surface area contributed by atoms with Gasteiger partial charge in [-0.1, -0.05) is 19.6 Å². The number of carboxylic acids is 2. The minimum atomic E-state index is -1.19. The fraction of sp³-hybridized carbons (Fsp3) is 0.385. The van der Waals surface area contributed by atoms with E-state index in [1.54, 1.807) is 13.0 Å². The number of rotatable bonds is 6. The van der Waals surface area contributed by atoms with E-state index in [1.165, 1.54) is 6.08 Å². The molecule has 0 unspecified atom stereocenters. The Morgan fingerprint density at radius 2 is 1.62 bits per heavy atom. The number of hydrogen-bond donors (Lipinski definition) is 4. The summed E-state index contributed by atoms with van der Waals surface area (Å²) >= 11 is 0. The van der Waals surface area contributed by atoms with Crippen molar-refractivity contribution in [3.05, 3.63) is 24.3 Å². The molecule has 0 aliphatic rings. The molecule has 8 heteroatoms. The van der Waals surface area contributed by atoms with Gasteiger partial charge in [-0.2, -0.15) is 0 Å². The Hall–Kier alpha value is -2.64. The number of carbonyl (C=O) groups is 4. The van der Waals surface area contributed by atoms with Crippen molar-refractivity contribution in [3.63, 3.8) is 0 Å². The van der Waals surface area contributed by atoms with Gasteiger partial charge in [0.15, 0.2) is 0 Å². The van der Waals surface area contributed by atoms with E-state index in [-0.39, 0.29) is 12.0 Å². The Labute approximate surface area is 123 Å². The standard InChI is InChI=1S/C5H7NO3.C4H7NO.C4H8O2/c1-3(5(8)9)2-4(6)7;2*1-2-3-4(5)6/h1-2H2,(H2,6,7)(H,8,9);2-3H,1H3,(H2,5,6);2-3H2,1H3,(H,5,6). The van der Waals surface area contributed by atoms with Crippen LogP contribution < -0.4 is 11.5 Å². The van der Waals surface area contributed by atoms with Gasteiger partial charge >= 0.3 is 11.9 Å². The summed E-state index contributed by atoms with van der Waals surface area (Å²) in [4.78, 5) is 39.3. The summed E-state index contributed by atoms with van der Waals surface area (Å²) in [6.45, 7) is 6.68.